The molecule has 0 aromatic carbocycles. The predicted octanol–water partition coefficient (Wildman–Crippen LogP) is 16.0. The molecule has 0 aliphatic carbocycles. The first-order valence-corrected chi connectivity index (χ1v) is 25.2. The normalized spacial score (nSPS) is 12.7. The van der Waals surface area contributed by atoms with Gasteiger partial charge in [-0.25, -0.2) is 0 Å². The number of hydrogen-bond donors (Lipinski definition) is 3. The van der Waals surface area contributed by atoms with E-state index in [4.69, 9.17) is 0 Å². The van der Waals surface area contributed by atoms with Gasteiger partial charge >= 0.3 is 0 Å². The molecule has 0 saturated carbocycles. The van der Waals surface area contributed by atoms with Crippen molar-refractivity contribution in [1.82, 2.24) is 5.32 Å². The van der Waals surface area contributed by atoms with Gasteiger partial charge in [0.1, 0.15) is 0 Å². The van der Waals surface area contributed by atoms with Crippen molar-refractivity contribution >= 4 is 5.91 Å². The van der Waals surface area contributed by atoms with Crippen molar-refractivity contribution in [3.8, 4) is 0 Å². The average Bonchev–Trinajstić information content (AvgIpc) is 3.18. The van der Waals surface area contributed by atoms with Gasteiger partial charge in [0.15, 0.2) is 0 Å². The van der Waals surface area contributed by atoms with Crippen molar-refractivity contribution in [1.29, 1.82) is 0 Å². The smallest absolute Gasteiger partial charge is 0.220 e. The summed E-state index contributed by atoms with van der Waals surface area (Å²) >= 11 is 0. The molecule has 4 nitrogen and oxygen atoms in total. The van der Waals surface area contributed by atoms with Gasteiger partial charge in [-0.15, -0.1) is 0 Å². The van der Waals surface area contributed by atoms with Gasteiger partial charge in [0.25, 0.3) is 0 Å². The molecule has 3 N–H and O–H groups in total. The monoisotopic (exact) mass is 764 g/mol. The first kappa shape index (κ1) is 53.4. The first-order valence-electron chi connectivity index (χ1n) is 25.2. The zero-order valence-electron chi connectivity index (χ0n) is 37.3. The SMILES string of the molecule is CCCCCCCCCCCCCCCCCCCCCCCCC(=O)NC(CO)C(O)CCCCCCCCCCCCCCCCCCCCCC. The highest BCUT2D eigenvalue weighted by molar-refractivity contribution is 5.76. The van der Waals surface area contributed by atoms with Crippen LogP contribution in [0, 0.1) is 0 Å². The van der Waals surface area contributed by atoms with Crippen molar-refractivity contribution in [3.63, 3.8) is 0 Å². The van der Waals surface area contributed by atoms with Crippen LogP contribution in [0.4, 0.5) is 0 Å². The third kappa shape index (κ3) is 42.5. The van der Waals surface area contributed by atoms with Crippen molar-refractivity contribution in [2.24, 2.45) is 0 Å². The molecule has 0 heterocycles. The molecule has 0 aliphatic heterocycles. The number of aliphatic hydroxyl groups is 2. The lowest BCUT2D eigenvalue weighted by atomic mass is 10.0. The lowest BCUT2D eigenvalue weighted by Crippen LogP contribution is -2.45. The molecule has 2 unspecified atom stereocenters. The third-order valence-corrected chi connectivity index (χ3v) is 12.1. The van der Waals surface area contributed by atoms with Gasteiger partial charge in [-0.2, -0.15) is 0 Å². The van der Waals surface area contributed by atoms with Gasteiger partial charge in [0, 0.05) is 6.42 Å². The highest BCUT2D eigenvalue weighted by atomic mass is 16.3. The van der Waals surface area contributed by atoms with Gasteiger partial charge in [0.2, 0.25) is 5.91 Å². The molecule has 0 saturated heterocycles. The van der Waals surface area contributed by atoms with Crippen molar-refractivity contribution in [2.75, 3.05) is 6.61 Å². The zero-order chi connectivity index (χ0) is 39.3. The summed E-state index contributed by atoms with van der Waals surface area (Å²) in [5.41, 5.74) is 0. The molecule has 324 valence electrons. The molecule has 0 bridgehead atoms. The fraction of sp³-hybridized carbons (Fsp3) is 0.980. The molecule has 0 radical (unpaired) electrons. The Bertz CT molecular complexity index is 699. The van der Waals surface area contributed by atoms with E-state index in [-0.39, 0.29) is 12.5 Å². The summed E-state index contributed by atoms with van der Waals surface area (Å²) in [6.45, 7) is 4.40. The number of amides is 1. The standard InChI is InChI=1S/C50H101NO3/c1-3-5-7-9-11-13-15-17-19-21-23-25-26-28-30-32-34-36-38-40-42-44-46-50(54)51-48(47-52)49(53)45-43-41-39-37-35-33-31-29-27-24-22-20-18-16-14-12-10-8-6-4-2/h48-49,52-53H,3-47H2,1-2H3,(H,51,54). The first-order chi connectivity index (χ1) is 26.7. The van der Waals surface area contributed by atoms with Crippen molar-refractivity contribution in [2.45, 2.75) is 309 Å². The highest BCUT2D eigenvalue weighted by Crippen LogP contribution is 2.18. The Morgan fingerprint density at radius 3 is 0.833 bits per heavy atom. The van der Waals surface area contributed by atoms with Crippen molar-refractivity contribution in [3.05, 3.63) is 0 Å². The van der Waals surface area contributed by atoms with E-state index in [0.717, 1.165) is 25.7 Å². The Balaban J connectivity index is 3.43. The summed E-state index contributed by atoms with van der Waals surface area (Å²) in [6, 6.07) is -0.530. The Morgan fingerprint density at radius 2 is 0.593 bits per heavy atom. The van der Waals surface area contributed by atoms with Crippen LogP contribution in [0.25, 0.3) is 0 Å². The van der Waals surface area contributed by atoms with Crippen LogP contribution in [0.3, 0.4) is 0 Å². The number of unbranched alkanes of at least 4 members (excludes halogenated alkanes) is 40. The Labute approximate surface area is 340 Å². The second-order valence-electron chi connectivity index (χ2n) is 17.6. The number of aliphatic hydroxyl groups excluding tert-OH is 2. The molecule has 54 heavy (non-hydrogen) atoms. The number of carbonyl (C=O) groups is 1. The van der Waals surface area contributed by atoms with E-state index in [1.165, 1.54) is 244 Å². The Kier molecular flexibility index (Phi) is 46.2. The molecule has 4 heteroatoms. The van der Waals surface area contributed by atoms with Gasteiger partial charge in [-0.05, 0) is 12.8 Å². The third-order valence-electron chi connectivity index (χ3n) is 12.1. The van der Waals surface area contributed by atoms with Crippen LogP contribution in [0.15, 0.2) is 0 Å². The zero-order valence-corrected chi connectivity index (χ0v) is 37.3. The summed E-state index contributed by atoms with van der Waals surface area (Å²) in [5.74, 6) is -0.0234. The largest absolute Gasteiger partial charge is 0.394 e. The number of rotatable bonds is 47. The molecular weight excluding hydrogens is 663 g/mol. The van der Waals surface area contributed by atoms with Gasteiger partial charge in [-0.3, -0.25) is 4.79 Å². The molecular formula is C50H101NO3. The quantitative estimate of drug-likeness (QED) is 0.0541. The maximum atomic E-state index is 12.5. The minimum absolute atomic E-state index is 0.0234. The topological polar surface area (TPSA) is 69.6 Å². The summed E-state index contributed by atoms with van der Waals surface area (Å²) in [7, 11) is 0. The maximum Gasteiger partial charge on any atom is 0.220 e. The fourth-order valence-corrected chi connectivity index (χ4v) is 8.25. The Morgan fingerprint density at radius 1 is 0.370 bits per heavy atom. The summed E-state index contributed by atoms with van der Waals surface area (Å²) < 4.78 is 0. The second kappa shape index (κ2) is 46.8. The second-order valence-corrected chi connectivity index (χ2v) is 17.6. The molecule has 0 fully saturated rings. The van der Waals surface area contributed by atoms with Crippen LogP contribution in [-0.2, 0) is 4.79 Å². The van der Waals surface area contributed by atoms with E-state index >= 15 is 0 Å². The average molecular weight is 764 g/mol. The molecule has 0 aromatic heterocycles. The molecule has 2 atom stereocenters. The van der Waals surface area contributed by atoms with Gasteiger partial charge < -0.3 is 15.5 Å². The number of nitrogens with one attached hydrogen (secondary N) is 1. The molecule has 0 aromatic rings. The molecule has 0 spiro atoms. The number of carbonyl (C=O) groups excluding carboxylic acids is 1. The van der Waals surface area contributed by atoms with Crippen LogP contribution in [0.2, 0.25) is 0 Å². The minimum atomic E-state index is -0.654. The maximum absolute atomic E-state index is 12.5. The molecule has 0 rings (SSSR count). The van der Waals surface area contributed by atoms with E-state index in [2.05, 4.69) is 19.2 Å². The summed E-state index contributed by atoms with van der Waals surface area (Å²) in [6.07, 6.45) is 57.8. The predicted molar refractivity (Wildman–Crippen MR) is 240 cm³/mol. The van der Waals surface area contributed by atoms with E-state index < -0.39 is 12.1 Å². The van der Waals surface area contributed by atoms with Crippen LogP contribution >= 0.6 is 0 Å². The van der Waals surface area contributed by atoms with Crippen LogP contribution < -0.4 is 5.32 Å². The van der Waals surface area contributed by atoms with Crippen LogP contribution in [-0.4, -0.2) is 34.9 Å². The van der Waals surface area contributed by atoms with Crippen LogP contribution in [0.1, 0.15) is 296 Å². The highest BCUT2D eigenvalue weighted by Gasteiger charge is 2.20. The van der Waals surface area contributed by atoms with Crippen LogP contribution in [0.5, 0.6) is 0 Å². The van der Waals surface area contributed by atoms with E-state index in [1.54, 1.807) is 0 Å². The van der Waals surface area contributed by atoms with Gasteiger partial charge in [0.05, 0.1) is 18.8 Å². The molecule has 1 amide bonds. The van der Waals surface area contributed by atoms with E-state index in [0.29, 0.717) is 12.8 Å². The fourth-order valence-electron chi connectivity index (χ4n) is 8.25. The van der Waals surface area contributed by atoms with Crippen molar-refractivity contribution < 1.29 is 15.0 Å². The summed E-state index contributed by atoms with van der Waals surface area (Å²) in [4.78, 5) is 12.5. The van der Waals surface area contributed by atoms with E-state index in [1.807, 2.05) is 0 Å². The van der Waals surface area contributed by atoms with E-state index in [9.17, 15) is 15.0 Å². The summed E-state index contributed by atoms with van der Waals surface area (Å²) in [5, 5.41) is 23.3. The lowest BCUT2D eigenvalue weighted by molar-refractivity contribution is -0.123. The Hall–Kier alpha value is -0.610. The van der Waals surface area contributed by atoms with Gasteiger partial charge in [-0.1, -0.05) is 277 Å². The minimum Gasteiger partial charge on any atom is -0.394 e. The number of hydrogen-bond acceptors (Lipinski definition) is 3. The lowest BCUT2D eigenvalue weighted by Gasteiger charge is -2.22. The molecule has 0 aliphatic rings.